The highest BCUT2D eigenvalue weighted by molar-refractivity contribution is 5.66. The first kappa shape index (κ1) is 17.5. The summed E-state index contributed by atoms with van der Waals surface area (Å²) < 4.78 is 27.9. The quantitative estimate of drug-likeness (QED) is 0.529. The van der Waals surface area contributed by atoms with Gasteiger partial charge in [-0.25, -0.2) is 8.78 Å². The molecule has 0 saturated heterocycles. The van der Waals surface area contributed by atoms with Crippen molar-refractivity contribution >= 4 is 0 Å². The van der Waals surface area contributed by atoms with Crippen molar-refractivity contribution in [1.82, 2.24) is 0 Å². The zero-order valence-corrected chi connectivity index (χ0v) is 15.4. The van der Waals surface area contributed by atoms with Gasteiger partial charge in [-0.1, -0.05) is 37.1 Å². The summed E-state index contributed by atoms with van der Waals surface area (Å²) in [5, 5.41) is 0. The molecule has 0 atom stereocenters. The van der Waals surface area contributed by atoms with Gasteiger partial charge in [0.25, 0.3) is 0 Å². The highest BCUT2D eigenvalue weighted by Gasteiger charge is 2.25. The molecule has 0 radical (unpaired) electrons. The number of hydrogen-bond donors (Lipinski definition) is 0. The van der Waals surface area contributed by atoms with Crippen molar-refractivity contribution < 1.29 is 8.78 Å². The van der Waals surface area contributed by atoms with Crippen LogP contribution in [0.5, 0.6) is 0 Å². The van der Waals surface area contributed by atoms with Crippen molar-refractivity contribution in [3.63, 3.8) is 0 Å². The Hall–Kier alpha value is -1.96. The third-order valence-electron chi connectivity index (χ3n) is 6.37. The first-order valence-corrected chi connectivity index (χ1v) is 9.90. The van der Waals surface area contributed by atoms with Gasteiger partial charge in [0.2, 0.25) is 0 Å². The predicted molar refractivity (Wildman–Crippen MR) is 103 cm³/mol. The Bertz CT molecular complexity index is 809. The Balaban J connectivity index is 1.54. The molecule has 0 heterocycles. The van der Waals surface area contributed by atoms with Crippen molar-refractivity contribution in [3.8, 4) is 11.1 Å². The van der Waals surface area contributed by atoms with E-state index in [1.54, 1.807) is 18.2 Å². The van der Waals surface area contributed by atoms with Crippen LogP contribution in [0, 0.1) is 23.5 Å². The number of hydrogen-bond acceptors (Lipinski definition) is 0. The molecule has 1 saturated carbocycles. The van der Waals surface area contributed by atoms with E-state index in [-0.39, 0.29) is 11.6 Å². The largest absolute Gasteiger partial charge is 0.207 e. The van der Waals surface area contributed by atoms with Gasteiger partial charge in [-0.2, -0.15) is 0 Å². The molecule has 0 unspecified atom stereocenters. The van der Waals surface area contributed by atoms with E-state index in [1.165, 1.54) is 55.4 Å². The molecular formula is C24H26F2. The van der Waals surface area contributed by atoms with Gasteiger partial charge in [-0.15, -0.1) is 0 Å². The highest BCUT2D eigenvalue weighted by atomic mass is 19.1. The first-order chi connectivity index (χ1) is 12.6. The molecule has 2 heteroatoms. The third kappa shape index (κ3) is 3.47. The Kier molecular flexibility index (Phi) is 4.93. The van der Waals surface area contributed by atoms with E-state index in [0.717, 1.165) is 29.9 Å². The highest BCUT2D eigenvalue weighted by Crippen LogP contribution is 2.38. The number of halogens is 2. The zero-order chi connectivity index (χ0) is 18.1. The Labute approximate surface area is 154 Å². The van der Waals surface area contributed by atoms with Crippen molar-refractivity contribution in [1.29, 1.82) is 0 Å². The lowest BCUT2D eigenvalue weighted by Gasteiger charge is -2.31. The molecule has 26 heavy (non-hydrogen) atoms. The maximum atomic E-state index is 14.7. The van der Waals surface area contributed by atoms with Gasteiger partial charge in [-0.05, 0) is 91.3 Å². The van der Waals surface area contributed by atoms with Gasteiger partial charge in [0.15, 0.2) is 0 Å². The summed E-state index contributed by atoms with van der Waals surface area (Å²) in [6, 6.07) is 9.74. The zero-order valence-electron chi connectivity index (χ0n) is 15.4. The van der Waals surface area contributed by atoms with E-state index in [1.807, 2.05) is 6.07 Å². The summed E-state index contributed by atoms with van der Waals surface area (Å²) in [6.07, 6.45) is 10.7. The SMILES string of the molecule is CCC1CCC(C2=CCc3cc(-c4ccc(F)cc4)c(F)cc3C2)CC1. The van der Waals surface area contributed by atoms with Gasteiger partial charge in [0.05, 0.1) is 0 Å². The van der Waals surface area contributed by atoms with Crippen LogP contribution in [0.3, 0.4) is 0 Å². The van der Waals surface area contributed by atoms with Gasteiger partial charge >= 0.3 is 0 Å². The minimum Gasteiger partial charge on any atom is -0.207 e. The van der Waals surface area contributed by atoms with Gasteiger partial charge < -0.3 is 0 Å². The Morgan fingerprint density at radius 3 is 2.35 bits per heavy atom. The number of allylic oxidation sites excluding steroid dienone is 2. The average Bonchev–Trinajstić information content (AvgIpc) is 2.68. The van der Waals surface area contributed by atoms with Crippen LogP contribution in [0.25, 0.3) is 11.1 Å². The van der Waals surface area contributed by atoms with Crippen LogP contribution >= 0.6 is 0 Å². The number of benzene rings is 2. The van der Waals surface area contributed by atoms with Crippen LogP contribution < -0.4 is 0 Å². The van der Waals surface area contributed by atoms with Crippen molar-refractivity contribution in [3.05, 3.63) is 70.8 Å². The maximum Gasteiger partial charge on any atom is 0.131 e. The summed E-state index contributed by atoms with van der Waals surface area (Å²) in [7, 11) is 0. The molecule has 2 aromatic rings. The topological polar surface area (TPSA) is 0 Å². The van der Waals surface area contributed by atoms with Crippen molar-refractivity contribution in [2.24, 2.45) is 11.8 Å². The van der Waals surface area contributed by atoms with E-state index < -0.39 is 0 Å². The second kappa shape index (κ2) is 7.34. The van der Waals surface area contributed by atoms with Crippen LogP contribution in [0.4, 0.5) is 8.78 Å². The molecule has 0 aliphatic heterocycles. The van der Waals surface area contributed by atoms with Gasteiger partial charge in [0, 0.05) is 5.56 Å². The standard InChI is InChI=1S/C24H26F2/c1-2-16-3-5-17(6-4-16)19-7-8-20-14-23(24(26)15-21(20)13-19)18-9-11-22(25)12-10-18/h7,9-12,14-17H,2-6,8,13H2,1H3. The molecule has 4 rings (SSSR count). The minimum atomic E-state index is -0.294. The first-order valence-electron chi connectivity index (χ1n) is 9.90. The fourth-order valence-electron chi connectivity index (χ4n) is 4.65. The summed E-state index contributed by atoms with van der Waals surface area (Å²) in [5.74, 6) is 1.09. The van der Waals surface area contributed by atoms with Crippen LogP contribution in [0.2, 0.25) is 0 Å². The summed E-state index contributed by atoms with van der Waals surface area (Å²) >= 11 is 0. The second-order valence-corrected chi connectivity index (χ2v) is 7.89. The summed E-state index contributed by atoms with van der Waals surface area (Å²) in [5.41, 5.74) is 5.16. The van der Waals surface area contributed by atoms with Crippen LogP contribution in [-0.4, -0.2) is 0 Å². The molecule has 0 amide bonds. The molecule has 2 aliphatic rings. The minimum absolute atomic E-state index is 0.203. The second-order valence-electron chi connectivity index (χ2n) is 7.89. The lowest BCUT2D eigenvalue weighted by Crippen LogP contribution is -2.19. The van der Waals surface area contributed by atoms with Crippen LogP contribution in [-0.2, 0) is 12.8 Å². The molecule has 0 nitrogen and oxygen atoms in total. The lowest BCUT2D eigenvalue weighted by atomic mass is 9.74. The molecule has 2 aromatic carbocycles. The van der Waals surface area contributed by atoms with Crippen molar-refractivity contribution in [2.45, 2.75) is 51.9 Å². The smallest absolute Gasteiger partial charge is 0.131 e. The molecular weight excluding hydrogens is 326 g/mol. The molecule has 0 spiro atoms. The average molecular weight is 352 g/mol. The lowest BCUT2D eigenvalue weighted by molar-refractivity contribution is 0.292. The molecule has 0 aromatic heterocycles. The Morgan fingerprint density at radius 2 is 1.65 bits per heavy atom. The summed E-state index contributed by atoms with van der Waals surface area (Å²) in [4.78, 5) is 0. The molecule has 0 N–H and O–H groups in total. The normalized spacial score (nSPS) is 22.7. The Morgan fingerprint density at radius 1 is 0.923 bits per heavy atom. The molecule has 136 valence electrons. The van der Waals surface area contributed by atoms with Gasteiger partial charge in [0.1, 0.15) is 11.6 Å². The van der Waals surface area contributed by atoms with Gasteiger partial charge in [-0.3, -0.25) is 0 Å². The molecule has 1 fully saturated rings. The summed E-state index contributed by atoms with van der Waals surface area (Å²) in [6.45, 7) is 2.29. The maximum absolute atomic E-state index is 14.7. The van der Waals surface area contributed by atoms with E-state index in [0.29, 0.717) is 11.5 Å². The van der Waals surface area contributed by atoms with E-state index in [2.05, 4.69) is 13.0 Å². The third-order valence-corrected chi connectivity index (χ3v) is 6.37. The van der Waals surface area contributed by atoms with Crippen LogP contribution in [0.15, 0.2) is 48.0 Å². The van der Waals surface area contributed by atoms with E-state index >= 15 is 0 Å². The van der Waals surface area contributed by atoms with Crippen molar-refractivity contribution in [2.75, 3.05) is 0 Å². The monoisotopic (exact) mass is 352 g/mol. The molecule has 0 bridgehead atoms. The molecule has 2 aliphatic carbocycles. The predicted octanol–water partition coefficient (Wildman–Crippen LogP) is 6.87. The van der Waals surface area contributed by atoms with E-state index in [4.69, 9.17) is 0 Å². The number of fused-ring (bicyclic) bond motifs is 1. The fourth-order valence-corrected chi connectivity index (χ4v) is 4.65. The van der Waals surface area contributed by atoms with Crippen LogP contribution in [0.1, 0.15) is 50.2 Å². The fraction of sp³-hybridized carbons (Fsp3) is 0.417. The number of rotatable bonds is 3. The van der Waals surface area contributed by atoms with E-state index in [9.17, 15) is 8.78 Å².